The Kier molecular flexibility index (Phi) is 6.08. The predicted molar refractivity (Wildman–Crippen MR) is 135 cm³/mol. The number of halogens is 1. The van der Waals surface area contributed by atoms with Gasteiger partial charge in [0, 0.05) is 35.1 Å². The molecule has 5 rings (SSSR count). The average molecular weight is 486 g/mol. The number of nitrogens with one attached hydrogen (secondary N) is 1. The third kappa shape index (κ3) is 4.41. The summed E-state index contributed by atoms with van der Waals surface area (Å²) in [7, 11) is 1.60. The molecule has 0 spiro atoms. The van der Waals surface area contributed by atoms with Gasteiger partial charge in [-0.3, -0.25) is 9.59 Å². The van der Waals surface area contributed by atoms with Gasteiger partial charge in [-0.2, -0.15) is 0 Å². The summed E-state index contributed by atoms with van der Waals surface area (Å²) in [6.07, 6.45) is 5.59. The lowest BCUT2D eigenvalue weighted by Crippen LogP contribution is -2.14. The number of aldehydes is 1. The number of carbonyl (C=O) groups excluding carboxylic acids is 1. The van der Waals surface area contributed by atoms with Crippen molar-refractivity contribution in [3.8, 4) is 28.3 Å². The van der Waals surface area contributed by atoms with E-state index in [0.29, 0.717) is 17.0 Å². The van der Waals surface area contributed by atoms with E-state index < -0.39 is 0 Å². The van der Waals surface area contributed by atoms with Gasteiger partial charge >= 0.3 is 0 Å². The quantitative estimate of drug-likeness (QED) is 0.310. The van der Waals surface area contributed by atoms with Crippen LogP contribution in [0.3, 0.4) is 0 Å². The number of fused-ring (bicyclic) bond motifs is 1. The SMILES string of the molecule is COc1ccc(COc2cn(-c3cccc(-c4c(Cl)cnc5[nH]ccc45)c3)c(C=O)cc2=O)cc1. The Balaban J connectivity index is 1.53. The molecule has 0 aliphatic rings. The number of nitrogens with zero attached hydrogens (tertiary/aromatic N) is 2. The molecule has 0 atom stereocenters. The second kappa shape index (κ2) is 9.48. The third-order valence-corrected chi connectivity index (χ3v) is 5.96. The molecule has 2 aromatic carbocycles. The Morgan fingerprint density at radius 2 is 1.94 bits per heavy atom. The van der Waals surface area contributed by atoms with Crippen molar-refractivity contribution >= 4 is 28.9 Å². The van der Waals surface area contributed by atoms with E-state index in [0.717, 1.165) is 33.5 Å². The van der Waals surface area contributed by atoms with Crippen LogP contribution < -0.4 is 14.9 Å². The fraction of sp³-hybridized carbons (Fsp3) is 0.0741. The largest absolute Gasteiger partial charge is 0.497 e. The van der Waals surface area contributed by atoms with E-state index in [1.807, 2.05) is 54.6 Å². The van der Waals surface area contributed by atoms with Gasteiger partial charge in [0.25, 0.3) is 0 Å². The summed E-state index contributed by atoms with van der Waals surface area (Å²) in [5.74, 6) is 0.865. The van der Waals surface area contributed by atoms with Gasteiger partial charge in [0.2, 0.25) is 5.43 Å². The van der Waals surface area contributed by atoms with Crippen LogP contribution in [0.15, 0.2) is 84.0 Å². The van der Waals surface area contributed by atoms with Gasteiger partial charge in [-0.1, -0.05) is 35.9 Å². The second-order valence-corrected chi connectivity index (χ2v) is 8.23. The Labute approximate surface area is 205 Å². The maximum Gasteiger partial charge on any atom is 0.224 e. The molecular weight excluding hydrogens is 466 g/mol. The zero-order chi connectivity index (χ0) is 24.4. The first-order valence-electron chi connectivity index (χ1n) is 10.8. The first kappa shape index (κ1) is 22.4. The highest BCUT2D eigenvalue weighted by Crippen LogP contribution is 2.34. The normalized spacial score (nSPS) is 10.9. The molecule has 3 heterocycles. The molecule has 5 aromatic rings. The van der Waals surface area contributed by atoms with Crippen molar-refractivity contribution in [2.24, 2.45) is 0 Å². The molecule has 0 saturated carbocycles. The van der Waals surface area contributed by atoms with Gasteiger partial charge in [-0.05, 0) is 41.5 Å². The first-order chi connectivity index (χ1) is 17.1. The molecule has 8 heteroatoms. The minimum absolute atomic E-state index is 0.131. The van der Waals surface area contributed by atoms with E-state index in [2.05, 4.69) is 9.97 Å². The maximum absolute atomic E-state index is 12.6. The van der Waals surface area contributed by atoms with Gasteiger partial charge in [0.05, 0.1) is 24.0 Å². The van der Waals surface area contributed by atoms with Crippen molar-refractivity contribution < 1.29 is 14.3 Å². The summed E-state index contributed by atoms with van der Waals surface area (Å²) in [5, 5.41) is 1.39. The van der Waals surface area contributed by atoms with E-state index in [1.54, 1.807) is 24.1 Å². The van der Waals surface area contributed by atoms with Crippen LogP contribution in [0.25, 0.3) is 27.8 Å². The van der Waals surface area contributed by atoms with Gasteiger partial charge in [0.15, 0.2) is 12.0 Å². The molecule has 0 unspecified atom stereocenters. The highest BCUT2D eigenvalue weighted by molar-refractivity contribution is 6.34. The molecule has 0 aliphatic heterocycles. The second-order valence-electron chi connectivity index (χ2n) is 7.82. The van der Waals surface area contributed by atoms with Crippen molar-refractivity contribution in [3.05, 3.63) is 106 Å². The summed E-state index contributed by atoms with van der Waals surface area (Å²) in [6.45, 7) is 0.192. The molecule has 0 aliphatic carbocycles. The number of hydrogen-bond donors (Lipinski definition) is 1. The number of aromatic nitrogens is 3. The zero-order valence-corrected chi connectivity index (χ0v) is 19.5. The number of pyridine rings is 2. The van der Waals surface area contributed by atoms with E-state index >= 15 is 0 Å². The molecule has 0 fully saturated rings. The smallest absolute Gasteiger partial charge is 0.224 e. The molecule has 174 valence electrons. The van der Waals surface area contributed by atoms with E-state index in [9.17, 15) is 9.59 Å². The van der Waals surface area contributed by atoms with Gasteiger partial charge in [-0.15, -0.1) is 0 Å². The van der Waals surface area contributed by atoms with Gasteiger partial charge in [0.1, 0.15) is 18.0 Å². The topological polar surface area (TPSA) is 86.2 Å². The summed E-state index contributed by atoms with van der Waals surface area (Å²) in [4.78, 5) is 31.8. The molecular formula is C27H20ClN3O4. The molecule has 0 radical (unpaired) electrons. The lowest BCUT2D eigenvalue weighted by atomic mass is 10.0. The van der Waals surface area contributed by atoms with Crippen molar-refractivity contribution in [1.29, 1.82) is 0 Å². The number of ether oxygens (including phenoxy) is 2. The number of rotatable bonds is 7. The lowest BCUT2D eigenvalue weighted by Gasteiger charge is -2.15. The van der Waals surface area contributed by atoms with Crippen LogP contribution in [0.1, 0.15) is 16.1 Å². The lowest BCUT2D eigenvalue weighted by molar-refractivity contribution is 0.111. The molecule has 7 nitrogen and oxygen atoms in total. The standard InChI is InChI=1S/C27H20ClN3O4/c1-34-21-7-5-17(6-8-21)16-35-25-14-31(20(15-32)12-24(25)33)19-4-2-3-18(11-19)26-22-9-10-29-27(22)30-13-23(26)28/h2-15H,16H2,1H3,(H,29,30). The van der Waals surface area contributed by atoms with Crippen LogP contribution in [-0.4, -0.2) is 27.9 Å². The number of benzene rings is 2. The minimum atomic E-state index is -0.376. The Morgan fingerprint density at radius 1 is 1.11 bits per heavy atom. The highest BCUT2D eigenvalue weighted by atomic mass is 35.5. The van der Waals surface area contributed by atoms with Crippen molar-refractivity contribution in [3.63, 3.8) is 0 Å². The van der Waals surface area contributed by atoms with Crippen LogP contribution >= 0.6 is 11.6 Å². The molecule has 0 bridgehead atoms. The van der Waals surface area contributed by atoms with Crippen molar-refractivity contribution in [1.82, 2.24) is 14.5 Å². The molecule has 0 amide bonds. The zero-order valence-electron chi connectivity index (χ0n) is 18.7. The Morgan fingerprint density at radius 3 is 2.71 bits per heavy atom. The van der Waals surface area contributed by atoms with Crippen LogP contribution in [0.4, 0.5) is 0 Å². The molecule has 3 aromatic heterocycles. The number of methoxy groups -OCH3 is 1. The van der Waals surface area contributed by atoms with Gasteiger partial charge < -0.3 is 19.0 Å². The summed E-state index contributed by atoms with van der Waals surface area (Å²) in [5.41, 5.74) is 3.77. The summed E-state index contributed by atoms with van der Waals surface area (Å²) < 4.78 is 12.6. The summed E-state index contributed by atoms with van der Waals surface area (Å²) >= 11 is 6.51. The van der Waals surface area contributed by atoms with Crippen molar-refractivity contribution in [2.45, 2.75) is 6.61 Å². The Bertz CT molecular complexity index is 1590. The molecule has 1 N–H and O–H groups in total. The number of hydrogen-bond acceptors (Lipinski definition) is 5. The van der Waals surface area contributed by atoms with E-state index in [4.69, 9.17) is 21.1 Å². The van der Waals surface area contributed by atoms with Crippen LogP contribution in [0.5, 0.6) is 11.5 Å². The molecule has 0 saturated heterocycles. The first-order valence-corrected chi connectivity index (χ1v) is 11.1. The fourth-order valence-corrected chi connectivity index (χ4v) is 4.18. The van der Waals surface area contributed by atoms with Crippen molar-refractivity contribution in [2.75, 3.05) is 7.11 Å². The van der Waals surface area contributed by atoms with Crippen LogP contribution in [0.2, 0.25) is 5.02 Å². The predicted octanol–water partition coefficient (Wildman–Crippen LogP) is 5.43. The summed E-state index contributed by atoms with van der Waals surface area (Å²) in [6, 6.07) is 18.1. The average Bonchev–Trinajstić information content (AvgIpc) is 3.37. The van der Waals surface area contributed by atoms with Crippen LogP contribution in [-0.2, 0) is 6.61 Å². The minimum Gasteiger partial charge on any atom is -0.497 e. The maximum atomic E-state index is 12.6. The van der Waals surface area contributed by atoms with Gasteiger partial charge in [-0.25, -0.2) is 4.98 Å². The monoisotopic (exact) mass is 485 g/mol. The highest BCUT2D eigenvalue weighted by Gasteiger charge is 2.14. The number of aromatic amines is 1. The van der Waals surface area contributed by atoms with E-state index in [-0.39, 0.29) is 23.5 Å². The number of H-pyrrole nitrogens is 1. The fourth-order valence-electron chi connectivity index (χ4n) is 3.92. The Hall–Kier alpha value is -4.36. The third-order valence-electron chi connectivity index (χ3n) is 5.67. The number of carbonyl (C=O) groups is 1. The van der Waals surface area contributed by atoms with E-state index in [1.165, 1.54) is 12.3 Å². The molecule has 35 heavy (non-hydrogen) atoms. The van der Waals surface area contributed by atoms with Crippen LogP contribution in [0, 0.1) is 0 Å².